The number of nitrogens with one attached hydrogen (secondary N) is 1. The van der Waals surface area contributed by atoms with Crippen molar-refractivity contribution >= 4 is 24.0 Å². The normalized spacial score (nSPS) is 15.0. The van der Waals surface area contributed by atoms with Gasteiger partial charge in [-0.15, -0.1) is 12.4 Å². The fourth-order valence-corrected chi connectivity index (χ4v) is 2.73. The Balaban J connectivity index is 0.00000242. The monoisotopic (exact) mass is 327 g/mol. The number of amides is 1. The summed E-state index contributed by atoms with van der Waals surface area (Å²) in [7, 11) is 1.78. The van der Waals surface area contributed by atoms with Gasteiger partial charge >= 0.3 is 0 Å². The van der Waals surface area contributed by atoms with Crippen molar-refractivity contribution in [1.82, 2.24) is 10.2 Å². The molecule has 0 atom stereocenters. The average molecular weight is 328 g/mol. The third-order valence-electron chi connectivity index (χ3n) is 4.09. The van der Waals surface area contributed by atoms with Crippen LogP contribution in [0.15, 0.2) is 18.2 Å². The lowest BCUT2D eigenvalue weighted by molar-refractivity contribution is -0.385. The van der Waals surface area contributed by atoms with Gasteiger partial charge in [0, 0.05) is 30.3 Å². The van der Waals surface area contributed by atoms with Crippen molar-refractivity contribution in [1.29, 1.82) is 0 Å². The lowest BCUT2D eigenvalue weighted by Crippen LogP contribution is -2.43. The molecule has 1 aliphatic heterocycles. The Bertz CT molecular complexity index is 545. The zero-order valence-electron chi connectivity index (χ0n) is 12.9. The van der Waals surface area contributed by atoms with E-state index in [1.807, 2.05) is 6.92 Å². The summed E-state index contributed by atoms with van der Waals surface area (Å²) in [6.45, 7) is 3.67. The van der Waals surface area contributed by atoms with Crippen LogP contribution in [0.1, 0.15) is 35.7 Å². The molecule has 0 saturated carbocycles. The highest BCUT2D eigenvalue weighted by atomic mass is 35.5. The Morgan fingerprint density at radius 2 is 2.05 bits per heavy atom. The van der Waals surface area contributed by atoms with Crippen LogP contribution >= 0.6 is 12.4 Å². The third-order valence-corrected chi connectivity index (χ3v) is 4.09. The number of aryl methyl sites for hydroxylation is 1. The van der Waals surface area contributed by atoms with Gasteiger partial charge in [-0.1, -0.05) is 13.0 Å². The van der Waals surface area contributed by atoms with Gasteiger partial charge in [-0.25, -0.2) is 0 Å². The smallest absolute Gasteiger partial charge is 0.273 e. The van der Waals surface area contributed by atoms with Gasteiger partial charge in [0.2, 0.25) is 0 Å². The lowest BCUT2D eigenvalue weighted by Gasteiger charge is -2.31. The zero-order chi connectivity index (χ0) is 15.4. The number of piperidine rings is 1. The van der Waals surface area contributed by atoms with Gasteiger partial charge in [-0.3, -0.25) is 14.9 Å². The summed E-state index contributed by atoms with van der Waals surface area (Å²) in [5.74, 6) is -0.146. The summed E-state index contributed by atoms with van der Waals surface area (Å²) >= 11 is 0. The second-order valence-electron chi connectivity index (χ2n) is 5.35. The number of benzene rings is 1. The van der Waals surface area contributed by atoms with Crippen molar-refractivity contribution in [3.05, 3.63) is 39.4 Å². The number of nitro benzene ring substituents is 1. The zero-order valence-corrected chi connectivity index (χ0v) is 13.7. The van der Waals surface area contributed by atoms with E-state index in [4.69, 9.17) is 0 Å². The van der Waals surface area contributed by atoms with Crippen molar-refractivity contribution < 1.29 is 9.72 Å². The Hall–Kier alpha value is -1.66. The van der Waals surface area contributed by atoms with E-state index in [0.29, 0.717) is 17.5 Å². The molecule has 1 fully saturated rings. The molecule has 122 valence electrons. The van der Waals surface area contributed by atoms with E-state index >= 15 is 0 Å². The number of nitro groups is 1. The minimum Gasteiger partial charge on any atom is -0.339 e. The number of hydrogen-bond donors (Lipinski definition) is 1. The number of halogens is 1. The molecule has 0 aromatic heterocycles. The molecule has 1 saturated heterocycles. The van der Waals surface area contributed by atoms with Crippen molar-refractivity contribution in [3.63, 3.8) is 0 Å². The highest BCUT2D eigenvalue weighted by Gasteiger charge is 2.24. The van der Waals surface area contributed by atoms with Gasteiger partial charge in [0.1, 0.15) is 0 Å². The van der Waals surface area contributed by atoms with Crippen LogP contribution in [-0.4, -0.2) is 41.9 Å². The summed E-state index contributed by atoms with van der Waals surface area (Å²) in [6, 6.07) is 4.97. The fraction of sp³-hybridized carbons (Fsp3) is 0.533. The van der Waals surface area contributed by atoms with Gasteiger partial charge in [-0.2, -0.15) is 0 Å². The predicted molar refractivity (Wildman–Crippen MR) is 87.7 cm³/mol. The average Bonchev–Trinajstić information content (AvgIpc) is 2.53. The standard InChI is InChI=1S/C15H21N3O3.ClH/c1-3-11-4-5-12(10-14(11)18(20)21)15(19)17(2)13-6-8-16-9-7-13;/h4-5,10,13,16H,3,6-9H2,1-2H3;1H. The first-order valence-corrected chi connectivity index (χ1v) is 7.29. The van der Waals surface area contributed by atoms with Crippen molar-refractivity contribution in [3.8, 4) is 0 Å². The lowest BCUT2D eigenvalue weighted by atomic mass is 10.0. The van der Waals surface area contributed by atoms with E-state index in [1.165, 1.54) is 6.07 Å². The van der Waals surface area contributed by atoms with E-state index in [1.54, 1.807) is 24.1 Å². The van der Waals surface area contributed by atoms with E-state index < -0.39 is 4.92 Å². The second-order valence-corrected chi connectivity index (χ2v) is 5.35. The number of carbonyl (C=O) groups is 1. The molecule has 1 heterocycles. The van der Waals surface area contributed by atoms with Gasteiger partial charge in [-0.05, 0) is 38.4 Å². The van der Waals surface area contributed by atoms with Gasteiger partial charge in [0.25, 0.3) is 11.6 Å². The number of carbonyl (C=O) groups excluding carboxylic acids is 1. The van der Waals surface area contributed by atoms with Crippen molar-refractivity contribution in [2.45, 2.75) is 32.2 Å². The largest absolute Gasteiger partial charge is 0.339 e. The molecule has 0 bridgehead atoms. The maximum atomic E-state index is 12.5. The molecule has 0 radical (unpaired) electrons. The SMILES string of the molecule is CCc1ccc(C(=O)N(C)C2CCNCC2)cc1[N+](=O)[O-].Cl. The molecule has 1 aromatic rings. The van der Waals surface area contributed by atoms with Crippen LogP contribution in [0.3, 0.4) is 0 Å². The maximum absolute atomic E-state index is 12.5. The molecule has 22 heavy (non-hydrogen) atoms. The van der Waals surface area contributed by atoms with Crippen molar-refractivity contribution in [2.24, 2.45) is 0 Å². The van der Waals surface area contributed by atoms with Crippen LogP contribution in [0.5, 0.6) is 0 Å². The van der Waals surface area contributed by atoms with Crippen LogP contribution in [0, 0.1) is 10.1 Å². The van der Waals surface area contributed by atoms with Crippen molar-refractivity contribution in [2.75, 3.05) is 20.1 Å². The van der Waals surface area contributed by atoms with Crippen LogP contribution in [-0.2, 0) is 6.42 Å². The van der Waals surface area contributed by atoms with E-state index in [0.717, 1.165) is 25.9 Å². The van der Waals surface area contributed by atoms with Crippen LogP contribution in [0.25, 0.3) is 0 Å². The van der Waals surface area contributed by atoms with Gasteiger partial charge < -0.3 is 10.2 Å². The highest BCUT2D eigenvalue weighted by molar-refractivity contribution is 5.95. The number of nitrogens with zero attached hydrogens (tertiary/aromatic N) is 2. The predicted octanol–water partition coefficient (Wildman–Crippen LogP) is 2.40. The molecule has 2 rings (SSSR count). The van der Waals surface area contributed by atoms with Crippen LogP contribution in [0.4, 0.5) is 5.69 Å². The molecule has 1 N–H and O–H groups in total. The second kappa shape index (κ2) is 8.10. The molecule has 6 nitrogen and oxygen atoms in total. The topological polar surface area (TPSA) is 75.5 Å². The first kappa shape index (κ1) is 18.4. The Morgan fingerprint density at radius 1 is 1.41 bits per heavy atom. The minimum absolute atomic E-state index is 0. The van der Waals surface area contributed by atoms with Crippen LogP contribution in [0.2, 0.25) is 0 Å². The summed E-state index contributed by atoms with van der Waals surface area (Å²) in [5, 5.41) is 14.4. The van der Waals surface area contributed by atoms with E-state index in [-0.39, 0.29) is 30.0 Å². The first-order valence-electron chi connectivity index (χ1n) is 7.29. The Morgan fingerprint density at radius 3 is 2.59 bits per heavy atom. The summed E-state index contributed by atoms with van der Waals surface area (Å²) in [5.41, 5.74) is 1.07. The summed E-state index contributed by atoms with van der Waals surface area (Å²) < 4.78 is 0. The third kappa shape index (κ3) is 3.96. The molecule has 1 aliphatic rings. The quantitative estimate of drug-likeness (QED) is 0.680. The molecule has 1 amide bonds. The summed E-state index contributed by atoms with van der Waals surface area (Å²) in [4.78, 5) is 24.9. The number of hydrogen-bond acceptors (Lipinski definition) is 4. The molecule has 0 spiro atoms. The minimum atomic E-state index is -0.417. The highest BCUT2D eigenvalue weighted by Crippen LogP contribution is 2.22. The Labute approximate surface area is 136 Å². The summed E-state index contributed by atoms with van der Waals surface area (Å²) in [6.07, 6.45) is 2.41. The number of rotatable bonds is 4. The molecule has 0 aliphatic carbocycles. The molecular weight excluding hydrogens is 306 g/mol. The van der Waals surface area contributed by atoms with E-state index in [2.05, 4.69) is 5.32 Å². The molecule has 0 unspecified atom stereocenters. The Kier molecular flexibility index (Phi) is 6.77. The molecule has 7 heteroatoms. The maximum Gasteiger partial charge on any atom is 0.273 e. The van der Waals surface area contributed by atoms with Gasteiger partial charge in [0.15, 0.2) is 0 Å². The van der Waals surface area contributed by atoms with Crippen LogP contribution < -0.4 is 5.32 Å². The van der Waals surface area contributed by atoms with Gasteiger partial charge in [0.05, 0.1) is 4.92 Å². The molecular formula is C15H22ClN3O3. The fourth-order valence-electron chi connectivity index (χ4n) is 2.73. The first-order chi connectivity index (χ1) is 10.0. The molecule has 1 aromatic carbocycles. The van der Waals surface area contributed by atoms with E-state index in [9.17, 15) is 14.9 Å².